The molecule has 0 saturated heterocycles. The van der Waals surface area contributed by atoms with Gasteiger partial charge in [0.1, 0.15) is 5.75 Å². The second-order valence-corrected chi connectivity index (χ2v) is 7.54. The van der Waals surface area contributed by atoms with E-state index >= 15 is 0 Å². The number of hydrogen-bond acceptors (Lipinski definition) is 4. The highest BCUT2D eigenvalue weighted by molar-refractivity contribution is 6.32. The van der Waals surface area contributed by atoms with Gasteiger partial charge in [-0.1, -0.05) is 54.8 Å². The van der Waals surface area contributed by atoms with Crippen LogP contribution in [0.1, 0.15) is 25.7 Å². The Kier molecular flexibility index (Phi) is 5.93. The first kappa shape index (κ1) is 19.0. The van der Waals surface area contributed by atoms with Crippen LogP contribution in [0.3, 0.4) is 0 Å². The molecular weight excluding hydrogens is 372 g/mol. The lowest BCUT2D eigenvalue weighted by atomic mass is 10.2. The minimum Gasteiger partial charge on any atom is -0.495 e. The van der Waals surface area contributed by atoms with Crippen LogP contribution in [0.2, 0.25) is 5.02 Å². The minimum absolute atomic E-state index is 0.569. The van der Waals surface area contributed by atoms with Crippen molar-refractivity contribution in [3.63, 3.8) is 0 Å². The number of rotatable bonds is 7. The van der Waals surface area contributed by atoms with E-state index in [4.69, 9.17) is 26.4 Å². The van der Waals surface area contributed by atoms with Crippen molar-refractivity contribution < 1.29 is 4.74 Å². The molecule has 146 valence electrons. The normalized spacial score (nSPS) is 14.5. The van der Waals surface area contributed by atoms with Gasteiger partial charge < -0.3 is 10.1 Å². The molecule has 6 heteroatoms. The number of nitrogens with one attached hydrogen (secondary N) is 1. The van der Waals surface area contributed by atoms with E-state index in [1.54, 1.807) is 7.11 Å². The van der Waals surface area contributed by atoms with Crippen molar-refractivity contribution in [2.24, 2.45) is 0 Å². The molecular formula is C22H25ClN4O. The summed E-state index contributed by atoms with van der Waals surface area (Å²) in [5.41, 5.74) is 1.94. The predicted octanol–water partition coefficient (Wildman–Crippen LogP) is 4.81. The third-order valence-corrected chi connectivity index (χ3v) is 5.52. The van der Waals surface area contributed by atoms with Gasteiger partial charge in [-0.05, 0) is 31.0 Å². The lowest BCUT2D eigenvalue weighted by molar-refractivity contribution is 0.415. The third kappa shape index (κ3) is 4.21. The van der Waals surface area contributed by atoms with Crippen molar-refractivity contribution in [3.8, 4) is 28.5 Å². The zero-order valence-corrected chi connectivity index (χ0v) is 16.8. The molecule has 1 fully saturated rings. The summed E-state index contributed by atoms with van der Waals surface area (Å²) in [6.45, 7) is 1.63. The van der Waals surface area contributed by atoms with Gasteiger partial charge in [0.25, 0.3) is 0 Å². The number of benzene rings is 2. The molecule has 4 rings (SSSR count). The number of ether oxygens (including phenoxy) is 1. The number of methoxy groups -OCH3 is 1. The zero-order valence-electron chi connectivity index (χ0n) is 16.1. The van der Waals surface area contributed by atoms with Gasteiger partial charge in [0.05, 0.1) is 18.7 Å². The largest absolute Gasteiger partial charge is 0.495 e. The summed E-state index contributed by atoms with van der Waals surface area (Å²) in [5, 5.41) is 9.01. The van der Waals surface area contributed by atoms with E-state index in [0.29, 0.717) is 16.8 Å². The van der Waals surface area contributed by atoms with Gasteiger partial charge in [0.2, 0.25) is 0 Å². The van der Waals surface area contributed by atoms with Gasteiger partial charge in [0.15, 0.2) is 11.6 Å². The summed E-state index contributed by atoms with van der Waals surface area (Å²) in [7, 11) is 1.62. The third-order valence-electron chi connectivity index (χ3n) is 5.23. The topological polar surface area (TPSA) is 52.0 Å². The van der Waals surface area contributed by atoms with Crippen molar-refractivity contribution in [2.45, 2.75) is 38.3 Å². The molecule has 1 N–H and O–H groups in total. The van der Waals surface area contributed by atoms with Crippen LogP contribution in [0, 0.1) is 0 Å². The number of aromatic nitrogens is 3. The van der Waals surface area contributed by atoms with Crippen molar-refractivity contribution in [1.29, 1.82) is 0 Å². The summed E-state index contributed by atoms with van der Waals surface area (Å²) in [6, 6.07) is 16.4. The fraction of sp³-hybridized carbons (Fsp3) is 0.364. The quantitative estimate of drug-likeness (QED) is 0.622. The van der Waals surface area contributed by atoms with Gasteiger partial charge in [0, 0.05) is 23.7 Å². The Morgan fingerprint density at radius 2 is 1.89 bits per heavy atom. The van der Waals surface area contributed by atoms with Crippen LogP contribution in [-0.4, -0.2) is 34.5 Å². The maximum absolute atomic E-state index is 6.35. The Bertz CT molecular complexity index is 920. The van der Waals surface area contributed by atoms with E-state index in [0.717, 1.165) is 35.9 Å². The molecule has 1 saturated carbocycles. The molecule has 0 aliphatic heterocycles. The molecule has 1 aliphatic carbocycles. The summed E-state index contributed by atoms with van der Waals surface area (Å²) >= 11 is 6.35. The Morgan fingerprint density at radius 1 is 1.11 bits per heavy atom. The van der Waals surface area contributed by atoms with Crippen LogP contribution in [0.4, 0.5) is 0 Å². The average molecular weight is 397 g/mol. The van der Waals surface area contributed by atoms with Crippen LogP contribution in [-0.2, 0) is 6.54 Å². The molecule has 0 atom stereocenters. The summed E-state index contributed by atoms with van der Waals surface area (Å²) in [6.07, 6.45) is 5.20. The first-order valence-electron chi connectivity index (χ1n) is 9.82. The summed E-state index contributed by atoms with van der Waals surface area (Å²) in [4.78, 5) is 4.82. The molecule has 1 heterocycles. The van der Waals surface area contributed by atoms with E-state index in [1.807, 2.05) is 53.2 Å². The van der Waals surface area contributed by atoms with E-state index in [2.05, 4.69) is 5.32 Å². The molecule has 0 unspecified atom stereocenters. The second kappa shape index (κ2) is 8.76. The molecule has 5 nitrogen and oxygen atoms in total. The number of halogens is 1. The van der Waals surface area contributed by atoms with E-state index in [1.165, 1.54) is 25.7 Å². The van der Waals surface area contributed by atoms with Crippen LogP contribution in [0.15, 0.2) is 48.5 Å². The molecule has 2 aromatic carbocycles. The standard InChI is InChI=1S/C22H25ClN4O/c1-28-20-12-11-17(15-19(20)23)22-25-21(16-7-3-2-4-8-16)26-27(22)14-13-24-18-9-5-6-10-18/h2-4,7-8,11-12,15,18,24H,5-6,9-10,13-14H2,1H3. The molecule has 0 bridgehead atoms. The highest BCUT2D eigenvalue weighted by atomic mass is 35.5. The Hall–Kier alpha value is -2.37. The van der Waals surface area contributed by atoms with Crippen LogP contribution in [0.25, 0.3) is 22.8 Å². The highest BCUT2D eigenvalue weighted by Gasteiger charge is 2.17. The highest BCUT2D eigenvalue weighted by Crippen LogP contribution is 2.30. The van der Waals surface area contributed by atoms with Crippen LogP contribution < -0.4 is 10.1 Å². The molecule has 1 aliphatic rings. The first-order valence-corrected chi connectivity index (χ1v) is 10.2. The molecule has 1 aromatic heterocycles. The molecule has 3 aromatic rings. The maximum atomic E-state index is 6.35. The van der Waals surface area contributed by atoms with Crippen molar-refractivity contribution in [1.82, 2.24) is 20.1 Å². The van der Waals surface area contributed by atoms with Gasteiger partial charge in [-0.15, -0.1) is 0 Å². The Balaban J connectivity index is 1.62. The van der Waals surface area contributed by atoms with E-state index < -0.39 is 0 Å². The average Bonchev–Trinajstić information content (AvgIpc) is 3.39. The smallest absolute Gasteiger partial charge is 0.181 e. The van der Waals surface area contributed by atoms with Gasteiger partial charge in [-0.25, -0.2) is 9.67 Å². The maximum Gasteiger partial charge on any atom is 0.181 e. The molecule has 0 spiro atoms. The summed E-state index contributed by atoms with van der Waals surface area (Å²) in [5.74, 6) is 2.20. The second-order valence-electron chi connectivity index (χ2n) is 7.13. The van der Waals surface area contributed by atoms with Crippen molar-refractivity contribution in [3.05, 3.63) is 53.6 Å². The zero-order chi connectivity index (χ0) is 19.3. The fourth-order valence-corrected chi connectivity index (χ4v) is 3.99. The lowest BCUT2D eigenvalue weighted by Crippen LogP contribution is -2.29. The van der Waals surface area contributed by atoms with Crippen molar-refractivity contribution in [2.75, 3.05) is 13.7 Å². The van der Waals surface area contributed by atoms with Gasteiger partial charge in [-0.2, -0.15) is 5.10 Å². The number of hydrogen-bond donors (Lipinski definition) is 1. The van der Waals surface area contributed by atoms with E-state index in [-0.39, 0.29) is 0 Å². The Morgan fingerprint density at radius 3 is 2.61 bits per heavy atom. The SMILES string of the molecule is COc1ccc(-c2nc(-c3ccccc3)nn2CCNC2CCCC2)cc1Cl. The minimum atomic E-state index is 0.569. The molecule has 0 radical (unpaired) electrons. The van der Waals surface area contributed by atoms with Crippen LogP contribution in [0.5, 0.6) is 5.75 Å². The van der Waals surface area contributed by atoms with E-state index in [9.17, 15) is 0 Å². The predicted molar refractivity (Wildman–Crippen MR) is 113 cm³/mol. The van der Waals surface area contributed by atoms with Crippen LogP contribution >= 0.6 is 11.6 Å². The van der Waals surface area contributed by atoms with Gasteiger partial charge in [-0.3, -0.25) is 0 Å². The molecule has 0 amide bonds. The molecule has 28 heavy (non-hydrogen) atoms. The number of nitrogens with zero attached hydrogens (tertiary/aromatic N) is 3. The lowest BCUT2D eigenvalue weighted by Gasteiger charge is -2.12. The fourth-order valence-electron chi connectivity index (χ4n) is 3.73. The van der Waals surface area contributed by atoms with Gasteiger partial charge >= 0.3 is 0 Å². The monoisotopic (exact) mass is 396 g/mol. The Labute approximate surface area is 170 Å². The summed E-state index contributed by atoms with van der Waals surface area (Å²) < 4.78 is 7.25. The van der Waals surface area contributed by atoms with Crippen molar-refractivity contribution >= 4 is 11.6 Å². The first-order chi connectivity index (χ1) is 13.7.